The third kappa shape index (κ3) is 6.12. The summed E-state index contributed by atoms with van der Waals surface area (Å²) in [5, 5.41) is 3.75. The van der Waals surface area contributed by atoms with Crippen molar-refractivity contribution in [1.82, 2.24) is 5.32 Å². The van der Waals surface area contributed by atoms with E-state index in [0.717, 1.165) is 17.9 Å². The van der Waals surface area contributed by atoms with Crippen LogP contribution in [0.25, 0.3) is 0 Å². The van der Waals surface area contributed by atoms with Gasteiger partial charge < -0.3 is 5.32 Å². The molecular formula is C18H33N. The fraction of sp³-hybridized carbons (Fsp3) is 0.889. The van der Waals surface area contributed by atoms with Gasteiger partial charge >= 0.3 is 0 Å². The Hall–Kier alpha value is -0.300. The molecule has 0 amide bonds. The van der Waals surface area contributed by atoms with Gasteiger partial charge in [0.15, 0.2) is 0 Å². The van der Waals surface area contributed by atoms with E-state index in [1.807, 2.05) is 0 Å². The van der Waals surface area contributed by atoms with Crippen LogP contribution in [0.1, 0.15) is 77.6 Å². The largest absolute Gasteiger partial charge is 0.314 e. The van der Waals surface area contributed by atoms with Crippen molar-refractivity contribution in [2.24, 2.45) is 11.8 Å². The Morgan fingerprint density at radius 3 is 2.68 bits per heavy atom. The number of nitrogens with one attached hydrogen (secondary N) is 1. The van der Waals surface area contributed by atoms with Crippen LogP contribution in [-0.2, 0) is 0 Å². The molecular weight excluding hydrogens is 230 g/mol. The molecule has 0 aromatic carbocycles. The summed E-state index contributed by atoms with van der Waals surface area (Å²) in [6.45, 7) is 3.60. The lowest BCUT2D eigenvalue weighted by atomic mass is 9.85. The zero-order valence-corrected chi connectivity index (χ0v) is 12.9. The van der Waals surface area contributed by atoms with E-state index in [1.165, 1.54) is 77.2 Å². The summed E-state index contributed by atoms with van der Waals surface area (Å²) < 4.78 is 0. The van der Waals surface area contributed by atoms with E-state index in [-0.39, 0.29) is 0 Å². The zero-order chi connectivity index (χ0) is 13.3. The molecule has 2 aliphatic carbocycles. The highest BCUT2D eigenvalue weighted by Gasteiger charge is 2.16. The van der Waals surface area contributed by atoms with Crippen LogP contribution in [0, 0.1) is 11.8 Å². The van der Waals surface area contributed by atoms with Crippen molar-refractivity contribution in [3.8, 4) is 0 Å². The van der Waals surface area contributed by atoms with Crippen molar-refractivity contribution in [2.45, 2.75) is 83.6 Å². The maximum atomic E-state index is 3.75. The van der Waals surface area contributed by atoms with Crippen molar-refractivity contribution in [3.05, 3.63) is 12.2 Å². The molecule has 0 heterocycles. The van der Waals surface area contributed by atoms with Gasteiger partial charge in [-0.05, 0) is 63.8 Å². The molecule has 0 aromatic rings. The van der Waals surface area contributed by atoms with Gasteiger partial charge in [0.25, 0.3) is 0 Å². The van der Waals surface area contributed by atoms with Gasteiger partial charge in [-0.2, -0.15) is 0 Å². The lowest BCUT2D eigenvalue weighted by Crippen LogP contribution is -2.30. The van der Waals surface area contributed by atoms with Crippen molar-refractivity contribution >= 4 is 0 Å². The summed E-state index contributed by atoms with van der Waals surface area (Å²) in [7, 11) is 0. The Balaban J connectivity index is 1.49. The number of hydrogen-bond donors (Lipinski definition) is 1. The molecule has 0 radical (unpaired) electrons. The van der Waals surface area contributed by atoms with Gasteiger partial charge in [0.05, 0.1) is 0 Å². The van der Waals surface area contributed by atoms with Gasteiger partial charge in [0.2, 0.25) is 0 Å². The summed E-state index contributed by atoms with van der Waals surface area (Å²) in [6.07, 6.45) is 20.5. The minimum atomic E-state index is 0.727. The molecule has 110 valence electrons. The second-order valence-corrected chi connectivity index (χ2v) is 6.86. The highest BCUT2D eigenvalue weighted by atomic mass is 14.9. The van der Waals surface area contributed by atoms with Gasteiger partial charge in [-0.25, -0.2) is 0 Å². The van der Waals surface area contributed by atoms with Crippen LogP contribution in [0.5, 0.6) is 0 Å². The molecule has 2 unspecified atom stereocenters. The van der Waals surface area contributed by atoms with Crippen LogP contribution >= 0.6 is 0 Å². The molecule has 0 bridgehead atoms. The lowest BCUT2D eigenvalue weighted by molar-refractivity contribution is 0.304. The molecule has 2 rings (SSSR count). The molecule has 1 saturated carbocycles. The SMILES string of the molecule is CC(CC1CCCCC1)NCCCC1C=CCCC1. The Morgan fingerprint density at radius 2 is 1.95 bits per heavy atom. The van der Waals surface area contributed by atoms with Crippen LogP contribution in [-0.4, -0.2) is 12.6 Å². The molecule has 19 heavy (non-hydrogen) atoms. The zero-order valence-electron chi connectivity index (χ0n) is 12.9. The first-order valence-corrected chi connectivity index (χ1v) is 8.74. The predicted molar refractivity (Wildman–Crippen MR) is 84.4 cm³/mol. The molecule has 1 N–H and O–H groups in total. The summed E-state index contributed by atoms with van der Waals surface area (Å²) in [4.78, 5) is 0. The third-order valence-corrected chi connectivity index (χ3v) is 5.01. The van der Waals surface area contributed by atoms with E-state index < -0.39 is 0 Å². The Labute approximate surface area is 120 Å². The second kappa shape index (κ2) is 8.79. The molecule has 1 heteroatoms. The molecule has 1 nitrogen and oxygen atoms in total. The first-order valence-electron chi connectivity index (χ1n) is 8.74. The molecule has 0 aliphatic heterocycles. The van der Waals surface area contributed by atoms with Gasteiger partial charge in [0, 0.05) is 6.04 Å². The Bertz CT molecular complexity index is 252. The van der Waals surface area contributed by atoms with Crippen LogP contribution < -0.4 is 5.32 Å². The van der Waals surface area contributed by atoms with E-state index in [1.54, 1.807) is 0 Å². The van der Waals surface area contributed by atoms with Gasteiger partial charge in [0.1, 0.15) is 0 Å². The van der Waals surface area contributed by atoms with Crippen LogP contribution in [0.15, 0.2) is 12.2 Å². The van der Waals surface area contributed by atoms with Crippen molar-refractivity contribution in [3.63, 3.8) is 0 Å². The van der Waals surface area contributed by atoms with Gasteiger partial charge in [-0.1, -0.05) is 44.3 Å². The van der Waals surface area contributed by atoms with Gasteiger partial charge in [-0.3, -0.25) is 0 Å². The maximum Gasteiger partial charge on any atom is 0.00413 e. The fourth-order valence-electron chi connectivity index (χ4n) is 3.84. The second-order valence-electron chi connectivity index (χ2n) is 6.86. The maximum absolute atomic E-state index is 3.75. The minimum absolute atomic E-state index is 0.727. The molecule has 1 fully saturated rings. The average Bonchev–Trinajstić information content (AvgIpc) is 2.46. The van der Waals surface area contributed by atoms with Crippen molar-refractivity contribution in [2.75, 3.05) is 6.54 Å². The van der Waals surface area contributed by atoms with E-state index in [4.69, 9.17) is 0 Å². The molecule has 0 saturated heterocycles. The summed E-state index contributed by atoms with van der Waals surface area (Å²) in [5.41, 5.74) is 0. The topological polar surface area (TPSA) is 12.0 Å². The summed E-state index contributed by atoms with van der Waals surface area (Å²) >= 11 is 0. The van der Waals surface area contributed by atoms with Gasteiger partial charge in [-0.15, -0.1) is 0 Å². The number of allylic oxidation sites excluding steroid dienone is 2. The standard InChI is InChI=1S/C18H33N/c1-16(15-18-11-6-3-7-12-18)19-14-8-13-17-9-4-2-5-10-17/h4,9,16-19H,2-3,5-8,10-15H2,1H3. The number of hydrogen-bond acceptors (Lipinski definition) is 1. The lowest BCUT2D eigenvalue weighted by Gasteiger charge is -2.25. The Morgan fingerprint density at radius 1 is 1.11 bits per heavy atom. The average molecular weight is 263 g/mol. The molecule has 0 aromatic heterocycles. The first-order chi connectivity index (χ1) is 9.34. The van der Waals surface area contributed by atoms with E-state index >= 15 is 0 Å². The Kier molecular flexibility index (Phi) is 6.98. The third-order valence-electron chi connectivity index (χ3n) is 5.01. The van der Waals surface area contributed by atoms with Crippen molar-refractivity contribution < 1.29 is 0 Å². The normalized spacial score (nSPS) is 26.5. The fourth-order valence-corrected chi connectivity index (χ4v) is 3.84. The number of rotatable bonds is 7. The highest BCUT2D eigenvalue weighted by Crippen LogP contribution is 2.27. The minimum Gasteiger partial charge on any atom is -0.314 e. The smallest absolute Gasteiger partial charge is 0.00413 e. The summed E-state index contributed by atoms with van der Waals surface area (Å²) in [5.74, 6) is 1.89. The predicted octanol–water partition coefficient (Wildman–Crippen LogP) is 5.07. The van der Waals surface area contributed by atoms with E-state index in [0.29, 0.717) is 0 Å². The monoisotopic (exact) mass is 263 g/mol. The van der Waals surface area contributed by atoms with Crippen LogP contribution in [0.3, 0.4) is 0 Å². The van der Waals surface area contributed by atoms with Crippen LogP contribution in [0.2, 0.25) is 0 Å². The van der Waals surface area contributed by atoms with Crippen LogP contribution in [0.4, 0.5) is 0 Å². The van der Waals surface area contributed by atoms with E-state index in [2.05, 4.69) is 24.4 Å². The van der Waals surface area contributed by atoms with E-state index in [9.17, 15) is 0 Å². The van der Waals surface area contributed by atoms with Crippen molar-refractivity contribution in [1.29, 1.82) is 0 Å². The first kappa shape index (κ1) is 15.1. The quantitative estimate of drug-likeness (QED) is 0.499. The highest BCUT2D eigenvalue weighted by molar-refractivity contribution is 4.92. The summed E-state index contributed by atoms with van der Waals surface area (Å²) in [6, 6.07) is 0.727. The molecule has 0 spiro atoms. The molecule has 2 aliphatic rings. The molecule has 2 atom stereocenters.